The van der Waals surface area contributed by atoms with E-state index in [1.807, 2.05) is 106 Å². The number of hydrogen-bond donors (Lipinski definition) is 2. The van der Waals surface area contributed by atoms with Gasteiger partial charge in [0.25, 0.3) is 5.91 Å². The first-order valence-corrected chi connectivity index (χ1v) is 14.6. The first kappa shape index (κ1) is 29.9. The number of rotatable bonds is 8. The van der Waals surface area contributed by atoms with Crippen molar-refractivity contribution in [1.82, 2.24) is 0 Å². The van der Waals surface area contributed by atoms with Gasteiger partial charge in [0, 0.05) is 18.8 Å². The summed E-state index contributed by atoms with van der Waals surface area (Å²) in [5, 5.41) is 13.0. The number of hydrogen-bond acceptors (Lipinski definition) is 6. The zero-order valence-electron chi connectivity index (χ0n) is 24.9. The fraction of sp³-hybridized carbons (Fsp3) is 0.278. The minimum atomic E-state index is -0.703. The molecule has 0 saturated carbocycles. The quantitative estimate of drug-likeness (QED) is 0.217. The Balaban J connectivity index is 1.50. The summed E-state index contributed by atoms with van der Waals surface area (Å²) in [6.07, 6.45) is 1.02. The van der Waals surface area contributed by atoms with E-state index in [-0.39, 0.29) is 11.7 Å². The summed E-state index contributed by atoms with van der Waals surface area (Å²) in [5.74, 6) is -0.499. The number of piperidine rings is 1. The molecule has 0 unspecified atom stereocenters. The molecule has 2 N–H and O–H groups in total. The zero-order chi connectivity index (χ0) is 30.4. The smallest absolute Gasteiger partial charge is 0.340 e. The number of anilines is 2. The van der Waals surface area contributed by atoms with Crippen molar-refractivity contribution in [2.24, 2.45) is 0 Å². The number of benzene rings is 4. The van der Waals surface area contributed by atoms with Crippen molar-refractivity contribution < 1.29 is 24.2 Å². The minimum Gasteiger partial charge on any atom is -0.488 e. The third-order valence-corrected chi connectivity index (χ3v) is 7.27. The third-order valence-electron chi connectivity index (χ3n) is 7.27. The SMILES string of the molecule is CC(C)(C)OC(=O)c1ccc(-c2ccccc2)cc1NC(=O)c1cc(N2CCC(O)CC2)ccc1OCc1ccccc1. The summed E-state index contributed by atoms with van der Waals surface area (Å²) in [4.78, 5) is 29.4. The normalized spacial score (nSPS) is 13.8. The molecule has 0 bridgehead atoms. The topological polar surface area (TPSA) is 88.1 Å². The Morgan fingerprint density at radius 3 is 2.19 bits per heavy atom. The highest BCUT2D eigenvalue weighted by atomic mass is 16.6. The molecule has 7 heteroatoms. The van der Waals surface area contributed by atoms with Gasteiger partial charge < -0.3 is 24.8 Å². The van der Waals surface area contributed by atoms with Gasteiger partial charge in [0.15, 0.2) is 0 Å². The van der Waals surface area contributed by atoms with E-state index in [2.05, 4.69) is 10.2 Å². The molecular weight excluding hydrogens is 540 g/mol. The van der Waals surface area contributed by atoms with Gasteiger partial charge in [0.2, 0.25) is 0 Å². The standard InChI is InChI=1S/C36H38N2O5/c1-36(2,3)43-35(41)30-16-14-27(26-12-8-5-9-13-26)22-32(30)37-34(40)31-23-28(38-20-18-29(39)19-21-38)15-17-33(31)42-24-25-10-6-4-7-11-25/h4-17,22-23,29,39H,18-21,24H2,1-3H3,(H,37,40). The molecule has 1 amide bonds. The lowest BCUT2D eigenvalue weighted by atomic mass is 10.0. The summed E-state index contributed by atoms with van der Waals surface area (Å²) < 4.78 is 11.8. The molecule has 0 atom stereocenters. The van der Waals surface area contributed by atoms with Crippen molar-refractivity contribution in [3.05, 3.63) is 114 Å². The van der Waals surface area contributed by atoms with Crippen molar-refractivity contribution in [3.63, 3.8) is 0 Å². The molecule has 4 aromatic rings. The maximum atomic E-state index is 14.0. The Bertz CT molecular complexity index is 1560. The molecule has 0 aliphatic carbocycles. The summed E-state index contributed by atoms with van der Waals surface area (Å²) in [5.41, 5.74) is 3.90. The number of amides is 1. The molecule has 0 aromatic heterocycles. The van der Waals surface area contributed by atoms with Gasteiger partial charge in [-0.25, -0.2) is 4.79 Å². The van der Waals surface area contributed by atoms with Crippen LogP contribution in [0.2, 0.25) is 0 Å². The number of carbonyl (C=O) groups is 2. The fourth-order valence-corrected chi connectivity index (χ4v) is 5.04. The van der Waals surface area contributed by atoms with Crippen molar-refractivity contribution in [1.29, 1.82) is 0 Å². The van der Waals surface area contributed by atoms with Crippen LogP contribution in [0.3, 0.4) is 0 Å². The van der Waals surface area contributed by atoms with E-state index in [1.165, 1.54) is 0 Å². The van der Waals surface area contributed by atoms with Gasteiger partial charge in [-0.1, -0.05) is 66.7 Å². The molecule has 43 heavy (non-hydrogen) atoms. The monoisotopic (exact) mass is 578 g/mol. The van der Waals surface area contributed by atoms with Crippen molar-refractivity contribution in [2.45, 2.75) is 51.9 Å². The predicted molar refractivity (Wildman–Crippen MR) is 170 cm³/mol. The van der Waals surface area contributed by atoms with Crippen LogP contribution in [0, 0.1) is 0 Å². The van der Waals surface area contributed by atoms with Crippen LogP contribution in [0.25, 0.3) is 11.1 Å². The van der Waals surface area contributed by atoms with Crippen molar-refractivity contribution >= 4 is 23.3 Å². The second-order valence-electron chi connectivity index (χ2n) is 11.8. The lowest BCUT2D eigenvalue weighted by molar-refractivity contribution is 0.00707. The van der Waals surface area contributed by atoms with Crippen LogP contribution in [-0.2, 0) is 11.3 Å². The van der Waals surface area contributed by atoms with Gasteiger partial charge in [0.1, 0.15) is 18.0 Å². The Morgan fingerprint density at radius 1 is 0.837 bits per heavy atom. The summed E-state index contributed by atoms with van der Waals surface area (Å²) in [7, 11) is 0. The molecule has 4 aromatic carbocycles. The lowest BCUT2D eigenvalue weighted by Gasteiger charge is -2.32. The molecule has 222 valence electrons. The van der Waals surface area contributed by atoms with Crippen LogP contribution in [-0.4, -0.2) is 41.8 Å². The maximum absolute atomic E-state index is 14.0. The number of ether oxygens (including phenoxy) is 2. The number of esters is 1. The summed E-state index contributed by atoms with van der Waals surface area (Å²) >= 11 is 0. The summed E-state index contributed by atoms with van der Waals surface area (Å²) in [6.45, 7) is 7.10. The Kier molecular flexibility index (Phi) is 9.12. The van der Waals surface area contributed by atoms with Crippen LogP contribution in [0.15, 0.2) is 97.1 Å². The van der Waals surface area contributed by atoms with Crippen LogP contribution >= 0.6 is 0 Å². The second kappa shape index (κ2) is 13.1. The van der Waals surface area contributed by atoms with Crippen LogP contribution < -0.4 is 15.0 Å². The molecule has 1 aliphatic rings. The molecule has 1 saturated heterocycles. The molecule has 0 spiro atoms. The van der Waals surface area contributed by atoms with Gasteiger partial charge in [-0.2, -0.15) is 0 Å². The zero-order valence-corrected chi connectivity index (χ0v) is 24.9. The van der Waals surface area contributed by atoms with E-state index in [9.17, 15) is 14.7 Å². The number of nitrogens with one attached hydrogen (secondary N) is 1. The predicted octanol–water partition coefficient (Wildman–Crippen LogP) is 7.10. The number of aliphatic hydroxyl groups is 1. The Hall–Kier alpha value is -4.62. The molecule has 5 rings (SSSR count). The van der Waals surface area contributed by atoms with Gasteiger partial charge >= 0.3 is 5.97 Å². The van der Waals surface area contributed by atoms with Gasteiger partial charge in [-0.3, -0.25) is 4.79 Å². The lowest BCUT2D eigenvalue weighted by Crippen LogP contribution is -2.35. The van der Waals surface area contributed by atoms with Crippen molar-refractivity contribution in [2.75, 3.05) is 23.3 Å². The van der Waals surface area contributed by atoms with Gasteiger partial charge in [0.05, 0.1) is 22.9 Å². The average Bonchev–Trinajstić information content (AvgIpc) is 3.00. The minimum absolute atomic E-state index is 0.260. The van der Waals surface area contributed by atoms with E-state index < -0.39 is 17.5 Å². The number of nitrogens with zero attached hydrogens (tertiary/aromatic N) is 1. The van der Waals surface area contributed by atoms with E-state index in [4.69, 9.17) is 9.47 Å². The van der Waals surface area contributed by atoms with Gasteiger partial charge in [-0.05, 0) is 80.6 Å². The second-order valence-corrected chi connectivity index (χ2v) is 11.8. The molecule has 0 radical (unpaired) electrons. The van der Waals surface area contributed by atoms with E-state index >= 15 is 0 Å². The average molecular weight is 579 g/mol. The van der Waals surface area contributed by atoms with E-state index in [0.29, 0.717) is 49.5 Å². The fourth-order valence-electron chi connectivity index (χ4n) is 5.04. The Labute approximate surface area is 253 Å². The molecule has 1 fully saturated rings. The molecular formula is C36H38N2O5. The highest BCUT2D eigenvalue weighted by Crippen LogP contribution is 2.31. The highest BCUT2D eigenvalue weighted by Gasteiger charge is 2.24. The number of aliphatic hydroxyl groups excluding tert-OH is 1. The van der Waals surface area contributed by atoms with Crippen LogP contribution in [0.4, 0.5) is 11.4 Å². The first-order chi connectivity index (χ1) is 20.7. The number of carbonyl (C=O) groups excluding carboxylic acids is 2. The first-order valence-electron chi connectivity index (χ1n) is 14.6. The molecule has 1 heterocycles. The molecule has 7 nitrogen and oxygen atoms in total. The maximum Gasteiger partial charge on any atom is 0.340 e. The van der Waals surface area contributed by atoms with Gasteiger partial charge in [-0.15, -0.1) is 0 Å². The van der Waals surface area contributed by atoms with Crippen LogP contribution in [0.1, 0.15) is 59.9 Å². The largest absolute Gasteiger partial charge is 0.488 e. The van der Waals surface area contributed by atoms with Crippen molar-refractivity contribution in [3.8, 4) is 16.9 Å². The summed E-state index contributed by atoms with van der Waals surface area (Å²) in [6, 6.07) is 30.4. The third kappa shape index (κ3) is 7.81. The van der Waals surface area contributed by atoms with E-state index in [0.717, 1.165) is 22.4 Å². The molecule has 1 aliphatic heterocycles. The Morgan fingerprint density at radius 2 is 1.51 bits per heavy atom. The van der Waals surface area contributed by atoms with Crippen LogP contribution in [0.5, 0.6) is 5.75 Å². The van der Waals surface area contributed by atoms with E-state index in [1.54, 1.807) is 12.1 Å². The highest BCUT2D eigenvalue weighted by molar-refractivity contribution is 6.10.